The van der Waals surface area contributed by atoms with E-state index in [0.29, 0.717) is 19.0 Å². The molecule has 0 bridgehead atoms. The fraction of sp³-hybridized carbons (Fsp3) is 0.929. The minimum absolute atomic E-state index is 0.190. The Balaban J connectivity index is 1.91. The summed E-state index contributed by atoms with van der Waals surface area (Å²) >= 11 is 0. The molecule has 3 nitrogen and oxygen atoms in total. The van der Waals surface area contributed by atoms with Gasteiger partial charge in [0.25, 0.3) is 0 Å². The Morgan fingerprint density at radius 1 is 1.18 bits per heavy atom. The van der Waals surface area contributed by atoms with Gasteiger partial charge in [-0.05, 0) is 24.7 Å². The lowest BCUT2D eigenvalue weighted by Crippen LogP contribution is -2.39. The molecule has 1 saturated heterocycles. The van der Waals surface area contributed by atoms with Crippen LogP contribution in [0.25, 0.3) is 0 Å². The summed E-state index contributed by atoms with van der Waals surface area (Å²) in [7, 11) is 0. The largest absolute Gasteiger partial charge is 0.347 e. The fourth-order valence-corrected chi connectivity index (χ4v) is 3.91. The zero-order valence-corrected chi connectivity index (χ0v) is 10.8. The van der Waals surface area contributed by atoms with Gasteiger partial charge in [0.05, 0.1) is 13.2 Å². The Kier molecular flexibility index (Phi) is 2.60. The van der Waals surface area contributed by atoms with Gasteiger partial charge in [0, 0.05) is 24.7 Å². The average molecular weight is 238 g/mol. The van der Waals surface area contributed by atoms with Crippen molar-refractivity contribution in [2.45, 2.75) is 51.7 Å². The van der Waals surface area contributed by atoms with E-state index in [9.17, 15) is 4.79 Å². The number of rotatable bonds is 0. The SMILES string of the molecule is CC1(C)CCC(=O)C2CCC3(OCCO3)C2C1. The van der Waals surface area contributed by atoms with E-state index in [1.54, 1.807) is 0 Å². The van der Waals surface area contributed by atoms with Crippen LogP contribution in [0.3, 0.4) is 0 Å². The van der Waals surface area contributed by atoms with E-state index < -0.39 is 5.79 Å². The molecular formula is C14H22O3. The number of Topliss-reactive ketones (excluding diaryl/α,β-unsaturated/α-hetero) is 1. The molecule has 0 N–H and O–H groups in total. The minimum Gasteiger partial charge on any atom is -0.347 e. The summed E-state index contributed by atoms with van der Waals surface area (Å²) in [6, 6.07) is 0. The number of fused-ring (bicyclic) bond motifs is 2. The van der Waals surface area contributed by atoms with Crippen LogP contribution in [0, 0.1) is 17.3 Å². The first-order valence-corrected chi connectivity index (χ1v) is 6.83. The molecule has 1 aliphatic heterocycles. The van der Waals surface area contributed by atoms with E-state index in [1.165, 1.54) is 0 Å². The molecule has 2 aliphatic carbocycles. The molecule has 2 saturated carbocycles. The molecule has 96 valence electrons. The summed E-state index contributed by atoms with van der Waals surface area (Å²) in [5, 5.41) is 0. The van der Waals surface area contributed by atoms with Gasteiger partial charge in [-0.15, -0.1) is 0 Å². The van der Waals surface area contributed by atoms with Crippen molar-refractivity contribution in [1.82, 2.24) is 0 Å². The third-order valence-electron chi connectivity index (χ3n) is 4.86. The topological polar surface area (TPSA) is 35.5 Å². The highest BCUT2D eigenvalue weighted by atomic mass is 16.7. The first-order chi connectivity index (χ1) is 8.03. The highest BCUT2D eigenvalue weighted by Gasteiger charge is 2.56. The van der Waals surface area contributed by atoms with Gasteiger partial charge in [0.15, 0.2) is 5.79 Å². The summed E-state index contributed by atoms with van der Waals surface area (Å²) in [5.74, 6) is 0.503. The van der Waals surface area contributed by atoms with E-state index in [1.807, 2.05) is 0 Å². The predicted octanol–water partition coefficient (Wildman–Crippen LogP) is 2.53. The molecule has 0 aromatic rings. The Morgan fingerprint density at radius 2 is 1.88 bits per heavy atom. The molecule has 1 heterocycles. The molecule has 2 unspecified atom stereocenters. The second-order valence-electron chi connectivity index (χ2n) is 6.60. The molecule has 0 amide bonds. The van der Waals surface area contributed by atoms with E-state index in [-0.39, 0.29) is 17.3 Å². The third-order valence-corrected chi connectivity index (χ3v) is 4.86. The normalized spacial score (nSPS) is 39.3. The van der Waals surface area contributed by atoms with Crippen LogP contribution < -0.4 is 0 Å². The molecule has 1 spiro atoms. The van der Waals surface area contributed by atoms with Gasteiger partial charge in [-0.2, -0.15) is 0 Å². The van der Waals surface area contributed by atoms with Crippen LogP contribution in [0.15, 0.2) is 0 Å². The smallest absolute Gasteiger partial charge is 0.172 e. The van der Waals surface area contributed by atoms with Crippen molar-refractivity contribution in [2.24, 2.45) is 17.3 Å². The Bertz CT molecular complexity index is 328. The van der Waals surface area contributed by atoms with Crippen LogP contribution in [0.4, 0.5) is 0 Å². The summed E-state index contributed by atoms with van der Waals surface area (Å²) in [5.41, 5.74) is 0.238. The first-order valence-electron chi connectivity index (χ1n) is 6.83. The maximum Gasteiger partial charge on any atom is 0.172 e. The van der Waals surface area contributed by atoms with Gasteiger partial charge >= 0.3 is 0 Å². The van der Waals surface area contributed by atoms with E-state index >= 15 is 0 Å². The van der Waals surface area contributed by atoms with Gasteiger partial charge in [-0.1, -0.05) is 13.8 Å². The molecule has 0 radical (unpaired) electrons. The number of carbonyl (C=O) groups excluding carboxylic acids is 1. The summed E-state index contributed by atoms with van der Waals surface area (Å²) in [6.07, 6.45) is 4.67. The summed E-state index contributed by atoms with van der Waals surface area (Å²) < 4.78 is 11.8. The van der Waals surface area contributed by atoms with Crippen LogP contribution in [0.5, 0.6) is 0 Å². The Labute approximate surface area is 103 Å². The molecule has 3 fully saturated rings. The molecule has 17 heavy (non-hydrogen) atoms. The number of ketones is 1. The van der Waals surface area contributed by atoms with Crippen LogP contribution in [0.2, 0.25) is 0 Å². The third kappa shape index (κ3) is 1.84. The van der Waals surface area contributed by atoms with Crippen LogP contribution in [0.1, 0.15) is 46.0 Å². The molecule has 2 atom stereocenters. The number of hydrogen-bond acceptors (Lipinski definition) is 3. The zero-order valence-electron chi connectivity index (χ0n) is 10.8. The van der Waals surface area contributed by atoms with Crippen molar-refractivity contribution < 1.29 is 14.3 Å². The quantitative estimate of drug-likeness (QED) is 0.650. The van der Waals surface area contributed by atoms with Crippen molar-refractivity contribution >= 4 is 5.78 Å². The van der Waals surface area contributed by atoms with Gasteiger partial charge in [0.1, 0.15) is 5.78 Å². The standard InChI is InChI=1S/C14H22O3/c1-13(2)5-4-12(15)10-3-6-14(11(10)9-13)16-7-8-17-14/h10-11H,3-9H2,1-2H3. The molecule has 3 rings (SSSR count). The predicted molar refractivity (Wildman–Crippen MR) is 63.5 cm³/mol. The fourth-order valence-electron chi connectivity index (χ4n) is 3.91. The van der Waals surface area contributed by atoms with Crippen molar-refractivity contribution in [3.8, 4) is 0 Å². The lowest BCUT2D eigenvalue weighted by Gasteiger charge is -2.35. The monoisotopic (exact) mass is 238 g/mol. The van der Waals surface area contributed by atoms with Crippen molar-refractivity contribution in [3.05, 3.63) is 0 Å². The molecule has 3 aliphatic rings. The highest BCUT2D eigenvalue weighted by Crippen LogP contribution is 2.53. The molecule has 3 heteroatoms. The maximum atomic E-state index is 12.2. The second-order valence-corrected chi connectivity index (χ2v) is 6.60. The molecule has 0 aromatic carbocycles. The summed E-state index contributed by atoms with van der Waals surface area (Å²) in [6.45, 7) is 5.92. The lowest BCUT2D eigenvalue weighted by molar-refractivity contribution is -0.191. The molecule has 0 aromatic heterocycles. The molecular weight excluding hydrogens is 216 g/mol. The van der Waals surface area contributed by atoms with Gasteiger partial charge in [-0.3, -0.25) is 4.79 Å². The minimum atomic E-state index is -0.415. The van der Waals surface area contributed by atoms with Gasteiger partial charge in [-0.25, -0.2) is 0 Å². The second kappa shape index (κ2) is 3.79. The van der Waals surface area contributed by atoms with E-state index in [4.69, 9.17) is 9.47 Å². The van der Waals surface area contributed by atoms with Crippen LogP contribution in [-0.2, 0) is 14.3 Å². The number of hydrogen-bond donors (Lipinski definition) is 0. The van der Waals surface area contributed by atoms with E-state index in [2.05, 4.69) is 13.8 Å². The Morgan fingerprint density at radius 3 is 2.59 bits per heavy atom. The van der Waals surface area contributed by atoms with E-state index in [0.717, 1.165) is 32.1 Å². The average Bonchev–Trinajstić information content (AvgIpc) is 2.84. The lowest BCUT2D eigenvalue weighted by atomic mass is 9.78. The van der Waals surface area contributed by atoms with Gasteiger partial charge < -0.3 is 9.47 Å². The first kappa shape index (κ1) is 11.7. The van der Waals surface area contributed by atoms with Crippen molar-refractivity contribution in [1.29, 1.82) is 0 Å². The van der Waals surface area contributed by atoms with Gasteiger partial charge in [0.2, 0.25) is 0 Å². The number of carbonyl (C=O) groups is 1. The zero-order chi connectivity index (χ0) is 12.1. The Hall–Kier alpha value is -0.410. The van der Waals surface area contributed by atoms with Crippen molar-refractivity contribution in [2.75, 3.05) is 13.2 Å². The van der Waals surface area contributed by atoms with Crippen LogP contribution >= 0.6 is 0 Å². The summed E-state index contributed by atoms with van der Waals surface area (Å²) in [4.78, 5) is 12.2. The van der Waals surface area contributed by atoms with Crippen LogP contribution in [-0.4, -0.2) is 24.8 Å². The van der Waals surface area contributed by atoms with Crippen molar-refractivity contribution in [3.63, 3.8) is 0 Å². The number of ether oxygens (including phenoxy) is 2. The highest BCUT2D eigenvalue weighted by molar-refractivity contribution is 5.82. The maximum absolute atomic E-state index is 12.2.